The lowest BCUT2D eigenvalue weighted by Crippen LogP contribution is -2.34. The molecule has 106 valence electrons. The molecule has 1 N–H and O–H groups in total. The lowest BCUT2D eigenvalue weighted by atomic mass is 9.76. The molecule has 21 heavy (non-hydrogen) atoms. The molecule has 1 fully saturated rings. The summed E-state index contributed by atoms with van der Waals surface area (Å²) in [5, 5.41) is 13.1. The molecule has 0 aliphatic heterocycles. The smallest absolute Gasteiger partial charge is 0.124 e. The maximum Gasteiger partial charge on any atom is 0.124 e. The van der Waals surface area contributed by atoms with Crippen LogP contribution < -0.4 is 5.32 Å². The number of benzene rings is 2. The van der Waals surface area contributed by atoms with Gasteiger partial charge in [0.25, 0.3) is 0 Å². The minimum absolute atomic E-state index is 0.322. The summed E-state index contributed by atoms with van der Waals surface area (Å²) in [6.45, 7) is 0. The predicted molar refractivity (Wildman–Crippen MR) is 82.0 cm³/mol. The van der Waals surface area contributed by atoms with Crippen LogP contribution in [-0.4, -0.2) is 6.04 Å². The topological polar surface area (TPSA) is 35.8 Å². The largest absolute Gasteiger partial charge is 0.381 e. The van der Waals surface area contributed by atoms with E-state index in [4.69, 9.17) is 16.9 Å². The van der Waals surface area contributed by atoms with Crippen LogP contribution in [0.1, 0.15) is 29.9 Å². The lowest BCUT2D eigenvalue weighted by Gasteiger charge is -2.37. The van der Waals surface area contributed by atoms with E-state index >= 15 is 0 Å². The summed E-state index contributed by atoms with van der Waals surface area (Å²) in [5.74, 6) is 0.135. The molecule has 0 amide bonds. The van der Waals surface area contributed by atoms with E-state index in [1.54, 1.807) is 6.07 Å². The summed E-state index contributed by atoms with van der Waals surface area (Å²) in [7, 11) is 0. The fraction of sp³-hybridized carbons (Fsp3) is 0.235. The third-order valence-corrected chi connectivity index (χ3v) is 4.19. The molecule has 1 saturated carbocycles. The van der Waals surface area contributed by atoms with Crippen molar-refractivity contribution in [2.45, 2.75) is 24.8 Å². The second kappa shape index (κ2) is 5.75. The molecule has 0 spiro atoms. The van der Waals surface area contributed by atoms with Crippen LogP contribution in [0.2, 0.25) is 5.02 Å². The van der Waals surface area contributed by atoms with Gasteiger partial charge in [-0.15, -0.1) is 0 Å². The Balaban J connectivity index is 1.63. The Hall–Kier alpha value is -2.05. The summed E-state index contributed by atoms with van der Waals surface area (Å²) in [6.07, 6.45) is 2.01. The molecular weight excluding hydrogens is 287 g/mol. The van der Waals surface area contributed by atoms with Crippen LogP contribution in [0.3, 0.4) is 0 Å². The molecule has 2 aromatic carbocycles. The van der Waals surface area contributed by atoms with Crippen LogP contribution >= 0.6 is 11.6 Å². The van der Waals surface area contributed by atoms with Crippen LogP contribution in [0, 0.1) is 17.1 Å². The zero-order valence-corrected chi connectivity index (χ0v) is 12.1. The highest BCUT2D eigenvalue weighted by molar-refractivity contribution is 6.30. The highest BCUT2D eigenvalue weighted by Gasteiger charge is 2.30. The summed E-state index contributed by atoms with van der Waals surface area (Å²) >= 11 is 5.89. The van der Waals surface area contributed by atoms with Crippen molar-refractivity contribution in [2.75, 3.05) is 5.32 Å². The van der Waals surface area contributed by atoms with Crippen molar-refractivity contribution in [3.8, 4) is 6.07 Å². The quantitative estimate of drug-likeness (QED) is 0.891. The van der Waals surface area contributed by atoms with Crippen LogP contribution in [0.4, 0.5) is 10.1 Å². The minimum atomic E-state index is -0.384. The van der Waals surface area contributed by atoms with Crippen molar-refractivity contribution in [3.63, 3.8) is 0 Å². The number of nitrogens with zero attached hydrogens (tertiary/aromatic N) is 1. The number of hydrogen-bond donors (Lipinski definition) is 1. The van der Waals surface area contributed by atoms with E-state index in [0.29, 0.717) is 23.2 Å². The fourth-order valence-electron chi connectivity index (χ4n) is 2.70. The number of rotatable bonds is 3. The standard InChI is InChI=1S/C17H14ClFN2/c18-14-3-1-11(2-4-14)12-8-16(9-12)21-17-6-5-15(19)7-13(17)10-20/h1-7,12,16,21H,8-9H2. The Morgan fingerprint density at radius 2 is 1.86 bits per heavy atom. The molecule has 0 saturated heterocycles. The molecular formula is C17H14ClFN2. The highest BCUT2D eigenvalue weighted by Crippen LogP contribution is 2.39. The highest BCUT2D eigenvalue weighted by atomic mass is 35.5. The number of nitrogens with one attached hydrogen (secondary N) is 1. The van der Waals surface area contributed by atoms with Gasteiger partial charge in [-0.1, -0.05) is 23.7 Å². The Morgan fingerprint density at radius 3 is 2.52 bits per heavy atom. The van der Waals surface area contributed by atoms with E-state index in [2.05, 4.69) is 17.4 Å². The van der Waals surface area contributed by atoms with Crippen molar-refractivity contribution in [2.24, 2.45) is 0 Å². The Labute approximate surface area is 128 Å². The third kappa shape index (κ3) is 3.01. The van der Waals surface area contributed by atoms with Crippen molar-refractivity contribution < 1.29 is 4.39 Å². The SMILES string of the molecule is N#Cc1cc(F)ccc1NC1CC(c2ccc(Cl)cc2)C1. The minimum Gasteiger partial charge on any atom is -0.381 e. The van der Waals surface area contributed by atoms with E-state index in [9.17, 15) is 4.39 Å². The summed E-state index contributed by atoms with van der Waals surface area (Å²) in [5.41, 5.74) is 2.35. The van der Waals surface area contributed by atoms with Crippen molar-refractivity contribution >= 4 is 17.3 Å². The first-order chi connectivity index (χ1) is 10.2. The van der Waals surface area contributed by atoms with Crippen LogP contribution in [0.25, 0.3) is 0 Å². The summed E-state index contributed by atoms with van der Waals surface area (Å²) < 4.78 is 13.1. The third-order valence-electron chi connectivity index (χ3n) is 3.94. The number of nitriles is 1. The maximum absolute atomic E-state index is 13.1. The van der Waals surface area contributed by atoms with Crippen LogP contribution in [0.15, 0.2) is 42.5 Å². The average molecular weight is 301 g/mol. The first-order valence-electron chi connectivity index (χ1n) is 6.87. The Kier molecular flexibility index (Phi) is 3.81. The number of anilines is 1. The molecule has 0 unspecified atom stereocenters. The van der Waals surface area contributed by atoms with Gasteiger partial charge < -0.3 is 5.32 Å². The molecule has 0 atom stereocenters. The zero-order valence-electron chi connectivity index (χ0n) is 11.3. The van der Waals surface area contributed by atoms with Gasteiger partial charge in [-0.3, -0.25) is 0 Å². The molecule has 3 rings (SSSR count). The molecule has 1 aliphatic rings. The van der Waals surface area contributed by atoms with Gasteiger partial charge in [0.05, 0.1) is 11.3 Å². The molecule has 2 nitrogen and oxygen atoms in total. The second-order valence-electron chi connectivity index (χ2n) is 5.36. The van der Waals surface area contributed by atoms with E-state index in [1.165, 1.54) is 17.7 Å². The van der Waals surface area contributed by atoms with Gasteiger partial charge in [-0.2, -0.15) is 5.26 Å². The first kappa shape index (κ1) is 13.9. The van der Waals surface area contributed by atoms with Crippen LogP contribution in [0.5, 0.6) is 0 Å². The number of halogens is 2. The van der Waals surface area contributed by atoms with Crippen molar-refractivity contribution in [3.05, 3.63) is 64.4 Å². The van der Waals surface area contributed by atoms with Crippen molar-refractivity contribution in [1.29, 1.82) is 5.26 Å². The van der Waals surface area contributed by atoms with E-state index in [-0.39, 0.29) is 5.82 Å². The molecule has 2 aromatic rings. The average Bonchev–Trinajstić information content (AvgIpc) is 2.45. The predicted octanol–water partition coefficient (Wildman–Crippen LogP) is 4.71. The Bertz CT molecular complexity index is 685. The molecule has 4 heteroatoms. The molecule has 0 radical (unpaired) electrons. The number of hydrogen-bond acceptors (Lipinski definition) is 2. The van der Waals surface area contributed by atoms with E-state index < -0.39 is 0 Å². The van der Waals surface area contributed by atoms with E-state index in [0.717, 1.165) is 17.9 Å². The summed E-state index contributed by atoms with van der Waals surface area (Å²) in [6, 6.07) is 14.5. The normalized spacial score (nSPS) is 20.4. The maximum atomic E-state index is 13.1. The lowest BCUT2D eigenvalue weighted by molar-refractivity contribution is 0.374. The molecule has 1 aliphatic carbocycles. The first-order valence-corrected chi connectivity index (χ1v) is 7.25. The van der Waals surface area contributed by atoms with Gasteiger partial charge in [0.1, 0.15) is 11.9 Å². The fourth-order valence-corrected chi connectivity index (χ4v) is 2.82. The zero-order chi connectivity index (χ0) is 14.8. The second-order valence-corrected chi connectivity index (χ2v) is 5.80. The van der Waals surface area contributed by atoms with Gasteiger partial charge in [-0.05, 0) is 54.7 Å². The van der Waals surface area contributed by atoms with Gasteiger partial charge in [0, 0.05) is 11.1 Å². The monoisotopic (exact) mass is 300 g/mol. The van der Waals surface area contributed by atoms with Crippen LogP contribution in [-0.2, 0) is 0 Å². The van der Waals surface area contributed by atoms with Gasteiger partial charge in [-0.25, -0.2) is 4.39 Å². The summed E-state index contributed by atoms with van der Waals surface area (Å²) in [4.78, 5) is 0. The van der Waals surface area contributed by atoms with Gasteiger partial charge in [0.2, 0.25) is 0 Å². The van der Waals surface area contributed by atoms with E-state index in [1.807, 2.05) is 18.2 Å². The van der Waals surface area contributed by atoms with Crippen molar-refractivity contribution in [1.82, 2.24) is 0 Å². The molecule has 0 bridgehead atoms. The van der Waals surface area contributed by atoms with Gasteiger partial charge >= 0.3 is 0 Å². The Morgan fingerprint density at radius 1 is 1.14 bits per heavy atom. The molecule has 0 aromatic heterocycles. The van der Waals surface area contributed by atoms with Gasteiger partial charge in [0.15, 0.2) is 0 Å². The molecule has 0 heterocycles.